The van der Waals surface area contributed by atoms with Gasteiger partial charge in [-0.1, -0.05) is 11.6 Å². The molecule has 0 radical (unpaired) electrons. The van der Waals surface area contributed by atoms with Crippen molar-refractivity contribution in [2.75, 3.05) is 13.2 Å². The maximum Gasteiger partial charge on any atom is 0.410 e. The summed E-state index contributed by atoms with van der Waals surface area (Å²) >= 11 is 5.87. The fraction of sp³-hybridized carbons (Fsp3) is 0.417. The van der Waals surface area contributed by atoms with Crippen LogP contribution in [0.4, 0.5) is 4.79 Å². The van der Waals surface area contributed by atoms with Crippen LogP contribution in [-0.4, -0.2) is 29.1 Å². The van der Waals surface area contributed by atoms with Gasteiger partial charge >= 0.3 is 6.09 Å². The Morgan fingerprint density at radius 2 is 2.50 bits per heavy atom. The van der Waals surface area contributed by atoms with Crippen LogP contribution in [0.5, 0.6) is 0 Å². The Morgan fingerprint density at radius 1 is 1.72 bits per heavy atom. The zero-order valence-corrected chi connectivity index (χ0v) is 10.7. The molecule has 0 aliphatic carbocycles. The van der Waals surface area contributed by atoms with E-state index in [2.05, 4.69) is 4.98 Å². The Hall–Kier alpha value is -1.80. The summed E-state index contributed by atoms with van der Waals surface area (Å²) in [6.07, 6.45) is 0.288. The third-order valence-electron chi connectivity index (χ3n) is 2.77. The van der Waals surface area contributed by atoms with E-state index in [1.54, 1.807) is 17.9 Å². The molecule has 0 aromatic carbocycles. The minimum Gasteiger partial charge on any atom is -0.450 e. The smallest absolute Gasteiger partial charge is 0.410 e. The highest BCUT2D eigenvalue weighted by molar-refractivity contribution is 6.30. The largest absolute Gasteiger partial charge is 0.450 e. The summed E-state index contributed by atoms with van der Waals surface area (Å²) in [5.41, 5.74) is 2.04. The van der Waals surface area contributed by atoms with Crippen molar-refractivity contribution >= 4 is 17.7 Å². The fourth-order valence-electron chi connectivity index (χ4n) is 1.90. The second-order valence-corrected chi connectivity index (χ2v) is 4.27. The molecule has 0 saturated heterocycles. The number of ether oxygens (including phenoxy) is 1. The molecule has 0 N–H and O–H groups in total. The maximum absolute atomic E-state index is 11.6. The molecule has 2 heterocycles. The first-order chi connectivity index (χ1) is 8.65. The molecule has 0 spiro atoms. The Bertz CT molecular complexity index is 525. The first-order valence-electron chi connectivity index (χ1n) is 5.65. The number of amides is 1. The van der Waals surface area contributed by atoms with Crippen LogP contribution in [0.15, 0.2) is 6.07 Å². The zero-order valence-electron chi connectivity index (χ0n) is 9.94. The molecule has 94 valence electrons. The molecule has 6 heteroatoms. The van der Waals surface area contributed by atoms with Crippen molar-refractivity contribution in [2.45, 2.75) is 19.9 Å². The van der Waals surface area contributed by atoms with E-state index in [-0.39, 0.29) is 11.2 Å². The standard InChI is InChI=1S/C12H12ClN3O2/c1-2-18-12(17)16-4-3-10-9(7-16)5-8(6-14)11(13)15-10/h5H,2-4,7H2,1H3. The van der Waals surface area contributed by atoms with Crippen molar-refractivity contribution in [3.05, 3.63) is 28.0 Å². The Morgan fingerprint density at radius 3 is 3.17 bits per heavy atom. The number of hydrogen-bond acceptors (Lipinski definition) is 4. The van der Waals surface area contributed by atoms with Gasteiger partial charge in [-0.15, -0.1) is 0 Å². The van der Waals surface area contributed by atoms with Gasteiger partial charge in [-0.25, -0.2) is 9.78 Å². The molecule has 0 fully saturated rings. The third kappa shape index (κ3) is 2.39. The van der Waals surface area contributed by atoms with Crippen LogP contribution in [0, 0.1) is 11.3 Å². The first-order valence-corrected chi connectivity index (χ1v) is 6.03. The highest BCUT2D eigenvalue weighted by Crippen LogP contribution is 2.23. The van der Waals surface area contributed by atoms with E-state index in [0.717, 1.165) is 11.3 Å². The molecule has 18 heavy (non-hydrogen) atoms. The van der Waals surface area contributed by atoms with Crippen LogP contribution in [0.1, 0.15) is 23.7 Å². The number of rotatable bonds is 1. The van der Waals surface area contributed by atoms with Crippen molar-refractivity contribution in [2.24, 2.45) is 0 Å². The van der Waals surface area contributed by atoms with Crippen molar-refractivity contribution in [1.82, 2.24) is 9.88 Å². The van der Waals surface area contributed by atoms with Crippen LogP contribution in [-0.2, 0) is 17.7 Å². The lowest BCUT2D eigenvalue weighted by Crippen LogP contribution is -2.36. The lowest BCUT2D eigenvalue weighted by molar-refractivity contribution is 0.102. The molecule has 0 saturated carbocycles. The highest BCUT2D eigenvalue weighted by atomic mass is 35.5. The van der Waals surface area contributed by atoms with Gasteiger partial charge in [-0.2, -0.15) is 5.26 Å². The van der Waals surface area contributed by atoms with Gasteiger partial charge in [0, 0.05) is 18.7 Å². The monoisotopic (exact) mass is 265 g/mol. The molecule has 5 nitrogen and oxygen atoms in total. The van der Waals surface area contributed by atoms with Gasteiger partial charge in [0.2, 0.25) is 0 Å². The van der Waals surface area contributed by atoms with Crippen molar-refractivity contribution in [3.8, 4) is 6.07 Å². The molecule has 0 bridgehead atoms. The summed E-state index contributed by atoms with van der Waals surface area (Å²) in [5, 5.41) is 9.12. The number of nitrogens with zero attached hydrogens (tertiary/aromatic N) is 3. The molecular formula is C12H12ClN3O2. The van der Waals surface area contributed by atoms with Crippen LogP contribution in [0.3, 0.4) is 0 Å². The summed E-state index contributed by atoms with van der Waals surface area (Å²) in [5.74, 6) is 0. The Balaban J connectivity index is 2.24. The second-order valence-electron chi connectivity index (χ2n) is 3.91. The van der Waals surface area contributed by atoms with Gasteiger partial charge in [0.1, 0.15) is 11.2 Å². The van der Waals surface area contributed by atoms with E-state index in [1.165, 1.54) is 0 Å². The Labute approximate surface area is 110 Å². The summed E-state index contributed by atoms with van der Waals surface area (Å²) in [4.78, 5) is 17.4. The zero-order chi connectivity index (χ0) is 13.1. The van der Waals surface area contributed by atoms with E-state index >= 15 is 0 Å². The molecule has 0 atom stereocenters. The molecule has 0 unspecified atom stereocenters. The molecule has 1 aromatic heterocycles. The second kappa shape index (κ2) is 5.23. The molecular weight excluding hydrogens is 254 g/mol. The lowest BCUT2D eigenvalue weighted by Gasteiger charge is -2.27. The Kier molecular flexibility index (Phi) is 3.68. The topological polar surface area (TPSA) is 66.2 Å². The van der Waals surface area contributed by atoms with Gasteiger partial charge in [0.25, 0.3) is 0 Å². The van der Waals surface area contributed by atoms with Crippen LogP contribution in [0.2, 0.25) is 5.15 Å². The SMILES string of the molecule is CCOC(=O)N1CCc2nc(Cl)c(C#N)cc2C1. The summed E-state index contributed by atoms with van der Waals surface area (Å²) < 4.78 is 4.95. The fourth-order valence-corrected chi connectivity index (χ4v) is 2.09. The molecule has 1 aliphatic heterocycles. The van der Waals surface area contributed by atoms with Crippen molar-refractivity contribution < 1.29 is 9.53 Å². The predicted molar refractivity (Wildman–Crippen MR) is 65.1 cm³/mol. The van der Waals surface area contributed by atoms with Crippen molar-refractivity contribution in [3.63, 3.8) is 0 Å². The highest BCUT2D eigenvalue weighted by Gasteiger charge is 2.23. The lowest BCUT2D eigenvalue weighted by atomic mass is 10.0. The molecule has 1 amide bonds. The van der Waals surface area contributed by atoms with Gasteiger partial charge in [0.05, 0.1) is 18.7 Å². The maximum atomic E-state index is 11.6. The number of hydrogen-bond donors (Lipinski definition) is 0. The number of aromatic nitrogens is 1. The first kappa shape index (κ1) is 12.7. The van der Waals surface area contributed by atoms with Crippen LogP contribution in [0.25, 0.3) is 0 Å². The van der Waals surface area contributed by atoms with Gasteiger partial charge < -0.3 is 9.64 Å². The summed E-state index contributed by atoms with van der Waals surface area (Å²) in [6.45, 7) is 3.09. The van der Waals surface area contributed by atoms with Crippen LogP contribution >= 0.6 is 11.6 Å². The minimum absolute atomic E-state index is 0.223. The molecule has 1 aliphatic rings. The predicted octanol–water partition coefficient (Wildman–Crippen LogP) is 2.12. The van der Waals surface area contributed by atoms with E-state index in [9.17, 15) is 4.79 Å². The van der Waals surface area contributed by atoms with Crippen LogP contribution < -0.4 is 0 Å². The number of carbonyl (C=O) groups is 1. The molecule has 1 aromatic rings. The molecule has 2 rings (SSSR count). The quantitative estimate of drug-likeness (QED) is 0.730. The summed E-state index contributed by atoms with van der Waals surface area (Å²) in [7, 11) is 0. The van der Waals surface area contributed by atoms with Gasteiger partial charge in [-0.3, -0.25) is 0 Å². The van der Waals surface area contributed by atoms with E-state index in [1.807, 2.05) is 6.07 Å². The number of fused-ring (bicyclic) bond motifs is 1. The van der Waals surface area contributed by atoms with E-state index < -0.39 is 0 Å². The minimum atomic E-state index is -0.336. The number of carbonyl (C=O) groups excluding carboxylic acids is 1. The summed E-state index contributed by atoms with van der Waals surface area (Å²) in [6, 6.07) is 3.68. The van der Waals surface area contributed by atoms with E-state index in [0.29, 0.717) is 31.7 Å². The normalized spacial score (nSPS) is 13.7. The average Bonchev–Trinajstić information content (AvgIpc) is 2.37. The number of nitriles is 1. The third-order valence-corrected chi connectivity index (χ3v) is 3.06. The number of pyridine rings is 1. The van der Waals surface area contributed by atoms with Crippen molar-refractivity contribution in [1.29, 1.82) is 5.26 Å². The van der Waals surface area contributed by atoms with Gasteiger partial charge in [0.15, 0.2) is 0 Å². The van der Waals surface area contributed by atoms with E-state index in [4.69, 9.17) is 21.6 Å². The average molecular weight is 266 g/mol. The number of halogens is 1. The van der Waals surface area contributed by atoms with Gasteiger partial charge in [-0.05, 0) is 18.6 Å².